The monoisotopic (exact) mass is 276 g/mol. The van der Waals surface area contributed by atoms with Crippen LogP contribution in [0.5, 0.6) is 0 Å². The molecule has 1 aromatic carbocycles. The molecular formula is C9H9IO2. The smallest absolute Gasteiger partial charge is 0.310 e. The second kappa shape index (κ2) is 3.89. The summed E-state index contributed by atoms with van der Waals surface area (Å²) in [4.78, 5) is 10.6. The molecule has 0 bridgehead atoms. The van der Waals surface area contributed by atoms with Gasteiger partial charge in [-0.1, -0.05) is 12.1 Å². The van der Waals surface area contributed by atoms with Gasteiger partial charge >= 0.3 is 5.97 Å². The number of carbonyl (C=O) groups is 1. The maximum absolute atomic E-state index is 10.6. The van der Waals surface area contributed by atoms with Crippen LogP contribution in [-0.2, 0) is 4.79 Å². The molecule has 0 spiro atoms. The fraction of sp³-hybridized carbons (Fsp3) is 0.222. The minimum absolute atomic E-state index is 0.415. The van der Waals surface area contributed by atoms with Crippen molar-refractivity contribution in [1.29, 1.82) is 0 Å². The van der Waals surface area contributed by atoms with Crippen molar-refractivity contribution in [2.45, 2.75) is 12.8 Å². The quantitative estimate of drug-likeness (QED) is 0.842. The van der Waals surface area contributed by atoms with Crippen LogP contribution in [0.4, 0.5) is 0 Å². The first-order valence-corrected chi connectivity index (χ1v) is 4.67. The zero-order chi connectivity index (χ0) is 9.14. The predicted molar refractivity (Wildman–Crippen MR) is 55.2 cm³/mol. The Balaban J connectivity index is 2.89. The highest BCUT2D eigenvalue weighted by Crippen LogP contribution is 2.16. The van der Waals surface area contributed by atoms with E-state index < -0.39 is 11.9 Å². The van der Waals surface area contributed by atoms with Gasteiger partial charge in [0.25, 0.3) is 0 Å². The van der Waals surface area contributed by atoms with E-state index in [-0.39, 0.29) is 0 Å². The van der Waals surface area contributed by atoms with Crippen molar-refractivity contribution in [3.8, 4) is 0 Å². The molecule has 0 amide bonds. The van der Waals surface area contributed by atoms with Crippen LogP contribution in [0.3, 0.4) is 0 Å². The molecule has 0 aliphatic rings. The third-order valence-electron chi connectivity index (χ3n) is 1.74. The summed E-state index contributed by atoms with van der Waals surface area (Å²) >= 11 is 2.19. The summed E-state index contributed by atoms with van der Waals surface area (Å²) in [6.45, 7) is 1.69. The number of hydrogen-bond donors (Lipinski definition) is 1. The van der Waals surface area contributed by atoms with Crippen LogP contribution in [-0.4, -0.2) is 11.1 Å². The number of carboxylic acids is 1. The second-order valence-corrected chi connectivity index (χ2v) is 3.86. The highest BCUT2D eigenvalue weighted by molar-refractivity contribution is 14.1. The van der Waals surface area contributed by atoms with Gasteiger partial charge in [0.1, 0.15) is 0 Å². The van der Waals surface area contributed by atoms with Crippen LogP contribution in [0.2, 0.25) is 0 Å². The van der Waals surface area contributed by atoms with Crippen molar-refractivity contribution in [2.75, 3.05) is 0 Å². The van der Waals surface area contributed by atoms with Gasteiger partial charge in [-0.05, 0) is 47.2 Å². The lowest BCUT2D eigenvalue weighted by molar-refractivity contribution is -0.138. The molecule has 2 nitrogen and oxygen atoms in total. The third-order valence-corrected chi connectivity index (χ3v) is 2.46. The van der Waals surface area contributed by atoms with E-state index in [0.717, 1.165) is 9.13 Å². The second-order valence-electron chi connectivity index (χ2n) is 2.61. The number of carboxylic acid groups (broad SMARTS) is 1. The van der Waals surface area contributed by atoms with E-state index in [4.69, 9.17) is 5.11 Å². The minimum atomic E-state index is -0.781. The van der Waals surface area contributed by atoms with E-state index in [1.807, 2.05) is 24.3 Å². The van der Waals surface area contributed by atoms with Gasteiger partial charge in [0.15, 0.2) is 0 Å². The molecule has 0 unspecified atom stereocenters. The summed E-state index contributed by atoms with van der Waals surface area (Å²) in [5, 5.41) is 8.70. The van der Waals surface area contributed by atoms with Crippen LogP contribution in [0.25, 0.3) is 0 Å². The summed E-state index contributed by atoms with van der Waals surface area (Å²) < 4.78 is 1.12. The molecule has 1 rings (SSSR count). The molecule has 0 aromatic heterocycles. The van der Waals surface area contributed by atoms with Gasteiger partial charge in [0.05, 0.1) is 5.92 Å². The van der Waals surface area contributed by atoms with Crippen molar-refractivity contribution >= 4 is 28.6 Å². The van der Waals surface area contributed by atoms with Crippen LogP contribution in [0, 0.1) is 3.57 Å². The lowest BCUT2D eigenvalue weighted by Crippen LogP contribution is -2.06. The zero-order valence-corrected chi connectivity index (χ0v) is 8.78. The number of rotatable bonds is 2. The first kappa shape index (κ1) is 9.51. The Morgan fingerprint density at radius 1 is 1.42 bits per heavy atom. The molecule has 12 heavy (non-hydrogen) atoms. The van der Waals surface area contributed by atoms with Gasteiger partial charge in [-0.15, -0.1) is 0 Å². The molecule has 0 fully saturated rings. The van der Waals surface area contributed by atoms with Crippen LogP contribution >= 0.6 is 22.6 Å². The molecule has 0 aliphatic heterocycles. The molecule has 1 atom stereocenters. The normalized spacial score (nSPS) is 12.5. The van der Waals surface area contributed by atoms with E-state index in [2.05, 4.69) is 22.6 Å². The first-order chi connectivity index (χ1) is 5.61. The Hall–Kier alpha value is -0.580. The Morgan fingerprint density at radius 2 is 1.92 bits per heavy atom. The lowest BCUT2D eigenvalue weighted by atomic mass is 10.0. The molecule has 0 saturated carbocycles. The molecule has 3 heteroatoms. The van der Waals surface area contributed by atoms with Crippen LogP contribution in [0.15, 0.2) is 24.3 Å². The highest BCUT2D eigenvalue weighted by Gasteiger charge is 2.12. The molecule has 0 heterocycles. The van der Waals surface area contributed by atoms with E-state index in [1.165, 1.54) is 0 Å². The molecule has 64 valence electrons. The standard InChI is InChI=1S/C9H9IO2/c1-6(9(11)12)7-2-4-8(10)5-3-7/h2-6H,1H3,(H,11,12)/t6-/m1/s1. The largest absolute Gasteiger partial charge is 0.481 e. The Kier molecular flexibility index (Phi) is 3.08. The minimum Gasteiger partial charge on any atom is -0.481 e. The summed E-state index contributed by atoms with van der Waals surface area (Å²) in [5.41, 5.74) is 0.850. The van der Waals surface area contributed by atoms with E-state index >= 15 is 0 Å². The fourth-order valence-corrected chi connectivity index (χ4v) is 1.25. The number of halogens is 1. The van der Waals surface area contributed by atoms with Crippen LogP contribution < -0.4 is 0 Å². The van der Waals surface area contributed by atoms with Gasteiger partial charge in [0.2, 0.25) is 0 Å². The average molecular weight is 276 g/mol. The van der Waals surface area contributed by atoms with Crippen molar-refractivity contribution < 1.29 is 9.90 Å². The van der Waals surface area contributed by atoms with Gasteiger partial charge in [-0.3, -0.25) is 4.79 Å². The van der Waals surface area contributed by atoms with Crippen molar-refractivity contribution in [2.24, 2.45) is 0 Å². The number of aliphatic carboxylic acids is 1. The molecular weight excluding hydrogens is 267 g/mol. The maximum Gasteiger partial charge on any atom is 0.310 e. The zero-order valence-electron chi connectivity index (χ0n) is 6.62. The van der Waals surface area contributed by atoms with Gasteiger partial charge in [-0.2, -0.15) is 0 Å². The Bertz CT molecular complexity index is 279. The third kappa shape index (κ3) is 2.20. The van der Waals surface area contributed by atoms with Crippen molar-refractivity contribution in [3.05, 3.63) is 33.4 Å². The van der Waals surface area contributed by atoms with Gasteiger partial charge in [-0.25, -0.2) is 0 Å². The van der Waals surface area contributed by atoms with Gasteiger partial charge < -0.3 is 5.11 Å². The molecule has 0 aliphatic carbocycles. The van der Waals surface area contributed by atoms with E-state index in [1.54, 1.807) is 6.92 Å². The summed E-state index contributed by atoms with van der Waals surface area (Å²) in [5.74, 6) is -1.20. The Morgan fingerprint density at radius 3 is 2.33 bits per heavy atom. The summed E-state index contributed by atoms with van der Waals surface area (Å²) in [6, 6.07) is 7.52. The van der Waals surface area contributed by atoms with E-state index in [9.17, 15) is 4.79 Å². The lowest BCUT2D eigenvalue weighted by Gasteiger charge is -2.05. The Labute approximate surface area is 84.7 Å². The van der Waals surface area contributed by atoms with Crippen molar-refractivity contribution in [1.82, 2.24) is 0 Å². The number of benzene rings is 1. The molecule has 1 aromatic rings. The summed E-state index contributed by atoms with van der Waals surface area (Å²) in [7, 11) is 0. The molecule has 0 saturated heterocycles. The predicted octanol–water partition coefficient (Wildman–Crippen LogP) is 2.48. The topological polar surface area (TPSA) is 37.3 Å². The van der Waals surface area contributed by atoms with Crippen molar-refractivity contribution in [3.63, 3.8) is 0 Å². The molecule has 0 radical (unpaired) electrons. The first-order valence-electron chi connectivity index (χ1n) is 3.59. The van der Waals surface area contributed by atoms with Gasteiger partial charge in [0, 0.05) is 3.57 Å². The highest BCUT2D eigenvalue weighted by atomic mass is 127. The number of hydrogen-bond acceptors (Lipinski definition) is 1. The van der Waals surface area contributed by atoms with Crippen LogP contribution in [0.1, 0.15) is 18.4 Å². The average Bonchev–Trinajstić information content (AvgIpc) is 2.04. The molecule has 1 N–H and O–H groups in total. The summed E-state index contributed by atoms with van der Waals surface area (Å²) in [6.07, 6.45) is 0. The SMILES string of the molecule is C[C@@H](C(=O)O)c1ccc(I)cc1. The fourth-order valence-electron chi connectivity index (χ4n) is 0.894. The maximum atomic E-state index is 10.6. The van der Waals surface area contributed by atoms with E-state index in [0.29, 0.717) is 0 Å².